The van der Waals surface area contributed by atoms with Crippen molar-refractivity contribution in [2.24, 2.45) is 5.92 Å². The Labute approximate surface area is 235 Å². The predicted octanol–water partition coefficient (Wildman–Crippen LogP) is 4.23. The number of fused-ring (bicyclic) bond motifs is 1. The van der Waals surface area contributed by atoms with E-state index < -0.39 is 30.1 Å². The number of carboxylic acids is 2. The number of carbonyl (C=O) groups is 3. The van der Waals surface area contributed by atoms with Crippen LogP contribution in [0.2, 0.25) is 0 Å². The number of hydrogen-bond donors (Lipinski definition) is 4. The number of nitrogens with zero attached hydrogens (tertiary/aromatic N) is 1. The van der Waals surface area contributed by atoms with Gasteiger partial charge in [-0.05, 0) is 36.6 Å². The molecule has 9 nitrogen and oxygen atoms in total. The third-order valence-corrected chi connectivity index (χ3v) is 7.12. The summed E-state index contributed by atoms with van der Waals surface area (Å²) in [6.45, 7) is 2.97. The number of para-hydroxylation sites is 1. The van der Waals surface area contributed by atoms with Gasteiger partial charge >= 0.3 is 18.1 Å². The molecule has 4 N–H and O–H groups in total. The van der Waals surface area contributed by atoms with Crippen LogP contribution in [0.25, 0.3) is 10.9 Å². The lowest BCUT2D eigenvalue weighted by atomic mass is 9.93. The van der Waals surface area contributed by atoms with Crippen LogP contribution in [0.1, 0.15) is 30.9 Å². The summed E-state index contributed by atoms with van der Waals surface area (Å²) in [7, 11) is 1.62. The zero-order valence-electron chi connectivity index (χ0n) is 22.7. The molecule has 3 aromatic rings. The van der Waals surface area contributed by atoms with Gasteiger partial charge in [0.1, 0.15) is 6.04 Å². The van der Waals surface area contributed by atoms with Gasteiger partial charge in [0, 0.05) is 43.2 Å². The smallest absolute Gasteiger partial charge is 0.480 e. The standard InChI is InChI=1S/C27H33N3O4.C2HF3O2/c1-18(25(34-2)23-13-8-14-28-23)26(31)30(17-19-9-4-3-5-10-19)24(27(32)33)15-20-16-29-22-12-7-6-11-21(20)22;3-2(4,5)1(6)7/h3-7,9-12,16,18,23-25,28-29H,8,13-15,17H2,1-2H3,(H,32,33);(H,6,7)/t18-,23+,24+,25-;/m1./s1. The molecule has 0 spiro atoms. The maximum atomic E-state index is 13.9. The molecule has 4 atom stereocenters. The van der Waals surface area contributed by atoms with Crippen LogP contribution in [0.15, 0.2) is 60.8 Å². The average Bonchev–Trinajstić information content (AvgIpc) is 3.61. The minimum absolute atomic E-state index is 0.0828. The van der Waals surface area contributed by atoms with Crippen LogP contribution in [0.4, 0.5) is 13.2 Å². The highest BCUT2D eigenvalue weighted by Crippen LogP contribution is 2.26. The lowest BCUT2D eigenvalue weighted by molar-refractivity contribution is -0.192. The first kappa shape index (κ1) is 31.6. The summed E-state index contributed by atoms with van der Waals surface area (Å²) in [6.07, 6.45) is -1.38. The maximum Gasteiger partial charge on any atom is 0.490 e. The van der Waals surface area contributed by atoms with E-state index in [0.29, 0.717) is 0 Å². The van der Waals surface area contributed by atoms with E-state index in [4.69, 9.17) is 14.6 Å². The van der Waals surface area contributed by atoms with E-state index in [1.54, 1.807) is 7.11 Å². The van der Waals surface area contributed by atoms with Gasteiger partial charge in [0.15, 0.2) is 0 Å². The molecular weight excluding hydrogens is 543 g/mol. The van der Waals surface area contributed by atoms with Crippen molar-refractivity contribution in [1.29, 1.82) is 0 Å². The molecule has 0 bridgehead atoms. The van der Waals surface area contributed by atoms with Crippen LogP contribution in [-0.4, -0.2) is 76.0 Å². The van der Waals surface area contributed by atoms with Gasteiger partial charge in [-0.1, -0.05) is 55.5 Å². The number of alkyl halides is 3. The molecule has 1 aliphatic rings. The average molecular weight is 578 g/mol. The monoisotopic (exact) mass is 577 g/mol. The SMILES string of the molecule is CO[C@@H]([C@@H]1CCCN1)[C@@H](C)C(=O)N(Cc1ccccc1)[C@@H](Cc1c[nH]c2ccccc12)C(=O)O.O=C(O)C(F)(F)F. The fraction of sp³-hybridized carbons (Fsp3) is 0.414. The molecule has 0 aliphatic carbocycles. The van der Waals surface area contributed by atoms with Gasteiger partial charge in [-0.15, -0.1) is 0 Å². The number of benzene rings is 2. The fourth-order valence-electron chi connectivity index (χ4n) is 5.07. The molecule has 0 unspecified atom stereocenters. The Balaban J connectivity index is 0.000000587. The van der Waals surface area contributed by atoms with E-state index in [1.807, 2.05) is 67.7 Å². The molecule has 1 fully saturated rings. The van der Waals surface area contributed by atoms with E-state index in [2.05, 4.69) is 10.3 Å². The number of amides is 1. The van der Waals surface area contributed by atoms with Crippen LogP contribution >= 0.6 is 0 Å². The van der Waals surface area contributed by atoms with E-state index in [1.165, 1.54) is 4.90 Å². The van der Waals surface area contributed by atoms with E-state index >= 15 is 0 Å². The van der Waals surface area contributed by atoms with Gasteiger partial charge < -0.3 is 30.2 Å². The van der Waals surface area contributed by atoms with Crippen molar-refractivity contribution in [2.75, 3.05) is 13.7 Å². The van der Waals surface area contributed by atoms with E-state index in [0.717, 1.165) is 41.4 Å². The van der Waals surface area contributed by atoms with Crippen molar-refractivity contribution in [3.8, 4) is 0 Å². The Morgan fingerprint density at radius 3 is 2.27 bits per heavy atom. The molecule has 2 heterocycles. The Bertz CT molecular complexity index is 1310. The quantitative estimate of drug-likeness (QED) is 0.284. The van der Waals surface area contributed by atoms with Crippen molar-refractivity contribution < 1.29 is 42.5 Å². The number of rotatable bonds is 10. The summed E-state index contributed by atoms with van der Waals surface area (Å²) >= 11 is 0. The number of aliphatic carboxylic acids is 2. The summed E-state index contributed by atoms with van der Waals surface area (Å²) in [6, 6.07) is 16.4. The number of halogens is 3. The van der Waals surface area contributed by atoms with E-state index in [9.17, 15) is 27.9 Å². The summed E-state index contributed by atoms with van der Waals surface area (Å²) in [5.74, 6) is -4.48. The van der Waals surface area contributed by atoms with Crippen molar-refractivity contribution in [3.05, 3.63) is 71.9 Å². The normalized spacial score (nSPS) is 17.2. The number of ether oxygens (including phenoxy) is 1. The van der Waals surface area contributed by atoms with Gasteiger partial charge in [0.2, 0.25) is 5.91 Å². The van der Waals surface area contributed by atoms with E-state index in [-0.39, 0.29) is 31.0 Å². The Morgan fingerprint density at radius 2 is 1.71 bits per heavy atom. The molecule has 0 saturated carbocycles. The van der Waals surface area contributed by atoms with Gasteiger partial charge in [-0.2, -0.15) is 13.2 Å². The van der Waals surface area contributed by atoms with Crippen LogP contribution in [0.5, 0.6) is 0 Å². The summed E-state index contributed by atoms with van der Waals surface area (Å²) in [5, 5.41) is 21.8. The highest BCUT2D eigenvalue weighted by Gasteiger charge is 2.39. The first-order chi connectivity index (χ1) is 19.4. The number of carbonyl (C=O) groups excluding carboxylic acids is 1. The molecular formula is C29H34F3N3O6. The van der Waals surface area contributed by atoms with Crippen LogP contribution in [0, 0.1) is 5.92 Å². The Kier molecular flexibility index (Phi) is 10.9. The minimum Gasteiger partial charge on any atom is -0.480 e. The highest BCUT2D eigenvalue weighted by molar-refractivity contribution is 5.87. The van der Waals surface area contributed by atoms with Crippen molar-refractivity contribution in [3.63, 3.8) is 0 Å². The first-order valence-corrected chi connectivity index (χ1v) is 13.1. The Hall–Kier alpha value is -3.90. The highest BCUT2D eigenvalue weighted by atomic mass is 19.4. The predicted molar refractivity (Wildman–Crippen MR) is 145 cm³/mol. The molecule has 41 heavy (non-hydrogen) atoms. The fourth-order valence-corrected chi connectivity index (χ4v) is 5.07. The number of methoxy groups -OCH3 is 1. The molecule has 0 radical (unpaired) electrons. The van der Waals surface area contributed by atoms with Crippen molar-refractivity contribution >= 4 is 28.7 Å². The molecule has 1 amide bonds. The summed E-state index contributed by atoms with van der Waals surface area (Å²) < 4.78 is 37.5. The second-order valence-corrected chi connectivity index (χ2v) is 9.86. The second-order valence-electron chi connectivity index (χ2n) is 9.86. The molecule has 1 aliphatic heterocycles. The molecule has 1 saturated heterocycles. The minimum atomic E-state index is -5.08. The number of aromatic amines is 1. The van der Waals surface area contributed by atoms with Crippen molar-refractivity contribution in [1.82, 2.24) is 15.2 Å². The number of H-pyrrole nitrogens is 1. The van der Waals surface area contributed by atoms with Gasteiger partial charge in [0.05, 0.1) is 12.0 Å². The number of carboxylic acid groups (broad SMARTS) is 2. The van der Waals surface area contributed by atoms with Gasteiger partial charge in [-0.25, -0.2) is 9.59 Å². The molecule has 4 rings (SSSR count). The van der Waals surface area contributed by atoms with Crippen LogP contribution < -0.4 is 5.32 Å². The zero-order chi connectivity index (χ0) is 30.2. The molecule has 2 aromatic carbocycles. The van der Waals surface area contributed by atoms with Gasteiger partial charge in [0.25, 0.3) is 0 Å². The number of aromatic nitrogens is 1. The third kappa shape index (κ3) is 8.30. The Morgan fingerprint density at radius 1 is 1.07 bits per heavy atom. The van der Waals surface area contributed by atoms with Crippen LogP contribution in [0.3, 0.4) is 0 Å². The number of nitrogens with one attached hydrogen (secondary N) is 2. The summed E-state index contributed by atoms with van der Waals surface area (Å²) in [4.78, 5) is 40.1. The zero-order valence-corrected chi connectivity index (χ0v) is 22.7. The molecule has 222 valence electrons. The molecule has 12 heteroatoms. The molecule has 1 aromatic heterocycles. The summed E-state index contributed by atoms with van der Waals surface area (Å²) in [5.41, 5.74) is 2.71. The maximum absolute atomic E-state index is 13.9. The second kappa shape index (κ2) is 14.1. The topological polar surface area (TPSA) is 132 Å². The first-order valence-electron chi connectivity index (χ1n) is 13.1. The third-order valence-electron chi connectivity index (χ3n) is 7.12. The number of hydrogen-bond acceptors (Lipinski definition) is 5. The van der Waals surface area contributed by atoms with Crippen LogP contribution in [-0.2, 0) is 32.1 Å². The van der Waals surface area contributed by atoms with Gasteiger partial charge in [-0.3, -0.25) is 4.79 Å². The lowest BCUT2D eigenvalue weighted by Gasteiger charge is -2.35. The van der Waals surface area contributed by atoms with Crippen molar-refractivity contribution in [2.45, 2.75) is 57.1 Å². The largest absolute Gasteiger partial charge is 0.490 e. The lowest BCUT2D eigenvalue weighted by Crippen LogP contribution is -2.52.